The summed E-state index contributed by atoms with van der Waals surface area (Å²) in [5.74, 6) is 1.50. The summed E-state index contributed by atoms with van der Waals surface area (Å²) >= 11 is 0. The molecule has 0 fully saturated rings. The first kappa shape index (κ1) is 20.5. The second-order valence-corrected chi connectivity index (χ2v) is 8.93. The lowest BCUT2D eigenvalue weighted by atomic mass is 10.1. The highest BCUT2D eigenvalue weighted by Gasteiger charge is 2.17. The van der Waals surface area contributed by atoms with Crippen molar-refractivity contribution in [1.29, 1.82) is 0 Å². The van der Waals surface area contributed by atoms with E-state index in [0.717, 1.165) is 48.6 Å². The number of nitrogens with zero attached hydrogens (tertiary/aromatic N) is 3. The van der Waals surface area contributed by atoms with E-state index in [2.05, 4.69) is 24.8 Å². The number of benzene rings is 1. The van der Waals surface area contributed by atoms with Crippen LogP contribution in [-0.4, -0.2) is 35.6 Å². The number of carbonyl (C=O) groups is 1. The number of hydrogen-bond acceptors (Lipinski definition) is 5. The van der Waals surface area contributed by atoms with E-state index < -0.39 is 10.0 Å². The van der Waals surface area contributed by atoms with Gasteiger partial charge in [0.15, 0.2) is 5.82 Å². The van der Waals surface area contributed by atoms with Crippen LogP contribution in [0.2, 0.25) is 0 Å². The van der Waals surface area contributed by atoms with E-state index >= 15 is 0 Å². The van der Waals surface area contributed by atoms with E-state index in [1.165, 1.54) is 6.42 Å². The van der Waals surface area contributed by atoms with Gasteiger partial charge in [0, 0.05) is 25.9 Å². The molecule has 0 aliphatic carbocycles. The number of sulfonamides is 1. The Bertz CT molecular complexity index is 952. The van der Waals surface area contributed by atoms with Gasteiger partial charge < -0.3 is 9.88 Å². The second-order valence-electron chi connectivity index (χ2n) is 7.17. The third-order valence-electron chi connectivity index (χ3n) is 5.06. The van der Waals surface area contributed by atoms with Crippen LogP contribution in [0.3, 0.4) is 0 Å². The molecule has 0 atom stereocenters. The molecular formula is C19H27N5O3S. The minimum Gasteiger partial charge on any atom is -0.349 e. The fourth-order valence-electron chi connectivity index (χ4n) is 3.21. The maximum Gasteiger partial charge on any atom is 0.240 e. The van der Waals surface area contributed by atoms with E-state index in [0.29, 0.717) is 6.54 Å². The van der Waals surface area contributed by atoms with Crippen LogP contribution in [0.4, 0.5) is 0 Å². The van der Waals surface area contributed by atoms with Crippen molar-refractivity contribution >= 4 is 15.9 Å². The van der Waals surface area contributed by atoms with E-state index in [-0.39, 0.29) is 23.8 Å². The Kier molecular flexibility index (Phi) is 6.46. The van der Waals surface area contributed by atoms with Gasteiger partial charge in [0.25, 0.3) is 0 Å². The molecule has 1 aliphatic rings. The van der Waals surface area contributed by atoms with Crippen molar-refractivity contribution in [1.82, 2.24) is 24.8 Å². The van der Waals surface area contributed by atoms with Crippen molar-refractivity contribution < 1.29 is 13.2 Å². The van der Waals surface area contributed by atoms with Crippen LogP contribution in [-0.2, 0) is 34.3 Å². The minimum absolute atomic E-state index is 0.0407. The van der Waals surface area contributed by atoms with Crippen molar-refractivity contribution in [2.24, 2.45) is 0 Å². The molecule has 9 heteroatoms. The highest BCUT2D eigenvalue weighted by Crippen LogP contribution is 2.15. The summed E-state index contributed by atoms with van der Waals surface area (Å²) in [4.78, 5) is 12.3. The predicted molar refractivity (Wildman–Crippen MR) is 105 cm³/mol. The van der Waals surface area contributed by atoms with Gasteiger partial charge in [-0.05, 0) is 49.9 Å². The Morgan fingerprint density at radius 3 is 2.75 bits per heavy atom. The molecule has 152 valence electrons. The number of amides is 1. The number of aryl methyl sites for hydroxylation is 3. The molecule has 2 N–H and O–H groups in total. The lowest BCUT2D eigenvalue weighted by molar-refractivity contribution is -0.121. The number of rotatable bonds is 7. The van der Waals surface area contributed by atoms with Gasteiger partial charge in [-0.3, -0.25) is 4.79 Å². The fraction of sp³-hybridized carbons (Fsp3) is 0.526. The maximum absolute atomic E-state index is 12.4. The van der Waals surface area contributed by atoms with Crippen molar-refractivity contribution in [3.05, 3.63) is 41.0 Å². The number of fused-ring (bicyclic) bond motifs is 1. The summed E-state index contributed by atoms with van der Waals surface area (Å²) in [6.45, 7) is 5.02. The number of hydrogen-bond donors (Lipinski definition) is 2. The van der Waals surface area contributed by atoms with Gasteiger partial charge in [-0.1, -0.05) is 12.5 Å². The normalized spacial score (nSPS) is 14.4. The summed E-state index contributed by atoms with van der Waals surface area (Å²) in [7, 11) is -3.63. The van der Waals surface area contributed by atoms with Crippen molar-refractivity contribution in [2.45, 2.75) is 63.9 Å². The van der Waals surface area contributed by atoms with E-state index in [1.807, 2.05) is 13.8 Å². The molecule has 1 amide bonds. The first-order valence-corrected chi connectivity index (χ1v) is 11.1. The van der Waals surface area contributed by atoms with Gasteiger partial charge in [-0.2, -0.15) is 0 Å². The van der Waals surface area contributed by atoms with Crippen LogP contribution in [0, 0.1) is 13.8 Å². The van der Waals surface area contributed by atoms with Crippen LogP contribution in [0.5, 0.6) is 0 Å². The van der Waals surface area contributed by atoms with Crippen LogP contribution in [0.1, 0.15) is 48.5 Å². The second kappa shape index (κ2) is 8.83. The van der Waals surface area contributed by atoms with Gasteiger partial charge in [0.1, 0.15) is 5.82 Å². The monoisotopic (exact) mass is 405 g/mol. The molecule has 0 radical (unpaired) electrons. The molecular weight excluding hydrogens is 378 g/mol. The number of carbonyl (C=O) groups excluding carboxylic acids is 1. The Balaban J connectivity index is 1.48. The fourth-order valence-corrected chi connectivity index (χ4v) is 4.32. The SMILES string of the molecule is Cc1ccc(S(=O)(=O)NCCC(=O)NCc2nnc3n2CCCCC3)cc1C. The summed E-state index contributed by atoms with van der Waals surface area (Å²) < 4.78 is 29.3. The molecule has 0 bridgehead atoms. The molecule has 0 saturated carbocycles. The summed E-state index contributed by atoms with van der Waals surface area (Å²) in [6, 6.07) is 4.98. The molecule has 1 aromatic carbocycles. The van der Waals surface area contributed by atoms with Crippen molar-refractivity contribution in [2.75, 3.05) is 6.54 Å². The maximum atomic E-state index is 12.4. The quantitative estimate of drug-likeness (QED) is 0.728. The molecule has 3 rings (SSSR count). The van der Waals surface area contributed by atoms with Gasteiger partial charge >= 0.3 is 0 Å². The lowest BCUT2D eigenvalue weighted by Gasteiger charge is -2.10. The zero-order chi connectivity index (χ0) is 20.1. The highest BCUT2D eigenvalue weighted by molar-refractivity contribution is 7.89. The van der Waals surface area contributed by atoms with Crippen LogP contribution in [0.15, 0.2) is 23.1 Å². The standard InChI is InChI=1S/C19H27N5O3S/c1-14-7-8-16(12-15(14)2)28(26,27)21-10-9-19(25)20-13-18-23-22-17-6-4-3-5-11-24(17)18/h7-8,12,21H,3-6,9-11,13H2,1-2H3,(H,20,25). The molecule has 2 heterocycles. The molecule has 0 saturated heterocycles. The highest BCUT2D eigenvalue weighted by atomic mass is 32.2. The average Bonchev–Trinajstić information content (AvgIpc) is 2.88. The van der Waals surface area contributed by atoms with Crippen molar-refractivity contribution in [3.63, 3.8) is 0 Å². The molecule has 8 nitrogen and oxygen atoms in total. The largest absolute Gasteiger partial charge is 0.349 e. The zero-order valence-electron chi connectivity index (χ0n) is 16.4. The summed E-state index contributed by atoms with van der Waals surface area (Å²) in [5, 5.41) is 11.2. The van der Waals surface area contributed by atoms with Gasteiger partial charge in [-0.25, -0.2) is 13.1 Å². The molecule has 0 spiro atoms. The van der Waals surface area contributed by atoms with E-state index in [4.69, 9.17) is 0 Å². The third-order valence-corrected chi connectivity index (χ3v) is 6.52. The molecule has 1 aliphatic heterocycles. The Hall–Kier alpha value is -2.26. The summed E-state index contributed by atoms with van der Waals surface area (Å²) in [6.07, 6.45) is 4.36. The number of nitrogens with one attached hydrogen (secondary N) is 2. The van der Waals surface area contributed by atoms with Crippen LogP contribution < -0.4 is 10.0 Å². The van der Waals surface area contributed by atoms with E-state index in [1.54, 1.807) is 18.2 Å². The predicted octanol–water partition coefficient (Wildman–Crippen LogP) is 1.61. The summed E-state index contributed by atoms with van der Waals surface area (Å²) in [5.41, 5.74) is 1.94. The lowest BCUT2D eigenvalue weighted by Crippen LogP contribution is -2.31. The van der Waals surface area contributed by atoms with Gasteiger partial charge in [0.05, 0.1) is 11.4 Å². The Morgan fingerprint density at radius 2 is 1.96 bits per heavy atom. The zero-order valence-corrected chi connectivity index (χ0v) is 17.2. The molecule has 2 aromatic rings. The Labute approximate surface area is 165 Å². The first-order chi connectivity index (χ1) is 13.4. The third kappa shape index (κ3) is 4.96. The van der Waals surface area contributed by atoms with Gasteiger partial charge in [-0.15, -0.1) is 10.2 Å². The number of aromatic nitrogens is 3. The Morgan fingerprint density at radius 1 is 1.14 bits per heavy atom. The van der Waals surface area contributed by atoms with Crippen LogP contribution in [0.25, 0.3) is 0 Å². The molecule has 1 aromatic heterocycles. The first-order valence-electron chi connectivity index (χ1n) is 9.61. The minimum atomic E-state index is -3.63. The van der Waals surface area contributed by atoms with Crippen molar-refractivity contribution in [3.8, 4) is 0 Å². The molecule has 28 heavy (non-hydrogen) atoms. The van der Waals surface area contributed by atoms with Gasteiger partial charge in [0.2, 0.25) is 15.9 Å². The topological polar surface area (TPSA) is 106 Å². The van der Waals surface area contributed by atoms with Crippen LogP contribution >= 0.6 is 0 Å². The smallest absolute Gasteiger partial charge is 0.240 e. The average molecular weight is 406 g/mol. The van der Waals surface area contributed by atoms with E-state index in [9.17, 15) is 13.2 Å². The molecule has 0 unspecified atom stereocenters.